The lowest BCUT2D eigenvalue weighted by Gasteiger charge is -2.13. The molecule has 1 atom stereocenters. The van der Waals surface area contributed by atoms with E-state index in [-0.39, 0.29) is 0 Å². The van der Waals surface area contributed by atoms with Gasteiger partial charge in [0.25, 0.3) is 0 Å². The number of nitrogens with zero attached hydrogens (tertiary/aromatic N) is 3. The smallest absolute Gasteiger partial charge is 0.0534 e. The Hall–Kier alpha value is -1.68. The lowest BCUT2D eigenvalue weighted by atomic mass is 10.1. The van der Waals surface area contributed by atoms with Crippen LogP contribution < -0.4 is 5.32 Å². The van der Waals surface area contributed by atoms with E-state index in [4.69, 9.17) is 0 Å². The van der Waals surface area contributed by atoms with Crippen LogP contribution >= 0.6 is 0 Å². The van der Waals surface area contributed by atoms with E-state index < -0.39 is 0 Å². The summed E-state index contributed by atoms with van der Waals surface area (Å²) in [6.45, 7) is 5.98. The summed E-state index contributed by atoms with van der Waals surface area (Å²) in [5.74, 6) is 0. The van der Waals surface area contributed by atoms with E-state index in [1.165, 1.54) is 11.1 Å². The molecule has 4 heteroatoms. The van der Waals surface area contributed by atoms with Crippen molar-refractivity contribution in [2.75, 3.05) is 6.54 Å². The van der Waals surface area contributed by atoms with Crippen LogP contribution in [0.4, 0.5) is 0 Å². The summed E-state index contributed by atoms with van der Waals surface area (Å²) in [7, 11) is 0. The van der Waals surface area contributed by atoms with Gasteiger partial charge in [0, 0.05) is 31.2 Å². The molecule has 0 aromatic carbocycles. The molecule has 2 aromatic rings. The number of aromatic nitrogens is 3. The largest absolute Gasteiger partial charge is 0.308 e. The van der Waals surface area contributed by atoms with Crippen molar-refractivity contribution in [3.63, 3.8) is 0 Å². The third-order valence-corrected chi connectivity index (χ3v) is 2.74. The van der Waals surface area contributed by atoms with Crippen molar-refractivity contribution in [2.45, 2.75) is 26.4 Å². The van der Waals surface area contributed by atoms with Gasteiger partial charge in [0.2, 0.25) is 0 Å². The first-order valence-electron chi connectivity index (χ1n) is 5.88. The Labute approximate surface area is 102 Å². The van der Waals surface area contributed by atoms with Crippen molar-refractivity contribution >= 4 is 0 Å². The predicted molar refractivity (Wildman–Crippen MR) is 67.6 cm³/mol. The zero-order chi connectivity index (χ0) is 12.1. The fourth-order valence-corrected chi connectivity index (χ4v) is 1.73. The predicted octanol–water partition coefficient (Wildman–Crippen LogP) is 1.94. The quantitative estimate of drug-likeness (QED) is 0.853. The number of aryl methyl sites for hydroxylation is 1. The standard InChI is InChI=1S/C13H18N4/c1-11-8-16-17(10-11)7-6-15-12(2)13-4-3-5-14-9-13/h3-5,8-10,12,15H,6-7H2,1-2H3. The van der Waals surface area contributed by atoms with Crippen LogP contribution in [0.25, 0.3) is 0 Å². The molecule has 1 unspecified atom stereocenters. The second kappa shape index (κ2) is 5.59. The highest BCUT2D eigenvalue weighted by molar-refractivity contribution is 5.12. The normalized spacial score (nSPS) is 12.6. The van der Waals surface area contributed by atoms with E-state index in [1.807, 2.05) is 23.1 Å². The van der Waals surface area contributed by atoms with Crippen LogP contribution in [0.15, 0.2) is 36.9 Å². The van der Waals surface area contributed by atoms with Crippen molar-refractivity contribution in [1.29, 1.82) is 0 Å². The Morgan fingerprint density at radius 2 is 2.29 bits per heavy atom. The molecule has 0 spiro atoms. The van der Waals surface area contributed by atoms with Crippen LogP contribution in [-0.2, 0) is 6.54 Å². The Morgan fingerprint density at radius 1 is 1.41 bits per heavy atom. The molecule has 0 bridgehead atoms. The highest BCUT2D eigenvalue weighted by Gasteiger charge is 2.03. The van der Waals surface area contributed by atoms with Gasteiger partial charge in [-0.3, -0.25) is 9.67 Å². The fraction of sp³-hybridized carbons (Fsp3) is 0.385. The summed E-state index contributed by atoms with van der Waals surface area (Å²) in [5, 5.41) is 7.71. The maximum absolute atomic E-state index is 4.25. The Kier molecular flexibility index (Phi) is 3.88. The molecule has 0 aliphatic heterocycles. The van der Waals surface area contributed by atoms with Crippen LogP contribution in [-0.4, -0.2) is 21.3 Å². The third kappa shape index (κ3) is 3.39. The second-order valence-electron chi connectivity index (χ2n) is 4.24. The van der Waals surface area contributed by atoms with Crippen molar-refractivity contribution in [2.24, 2.45) is 0 Å². The zero-order valence-corrected chi connectivity index (χ0v) is 10.3. The lowest BCUT2D eigenvalue weighted by molar-refractivity contribution is 0.506. The van der Waals surface area contributed by atoms with E-state index in [0.29, 0.717) is 6.04 Å². The molecule has 0 radical (unpaired) electrons. The zero-order valence-electron chi connectivity index (χ0n) is 10.3. The van der Waals surface area contributed by atoms with Gasteiger partial charge in [-0.15, -0.1) is 0 Å². The monoisotopic (exact) mass is 230 g/mol. The van der Waals surface area contributed by atoms with E-state index in [0.717, 1.165) is 13.1 Å². The Balaban J connectivity index is 1.79. The average Bonchev–Trinajstić information content (AvgIpc) is 2.76. The molecule has 0 saturated heterocycles. The highest BCUT2D eigenvalue weighted by Crippen LogP contribution is 2.08. The van der Waals surface area contributed by atoms with Crippen LogP contribution in [0.2, 0.25) is 0 Å². The van der Waals surface area contributed by atoms with Crippen LogP contribution in [0.3, 0.4) is 0 Å². The highest BCUT2D eigenvalue weighted by atomic mass is 15.3. The van der Waals surface area contributed by atoms with E-state index in [1.54, 1.807) is 6.20 Å². The fourth-order valence-electron chi connectivity index (χ4n) is 1.73. The van der Waals surface area contributed by atoms with Crippen LogP contribution in [0, 0.1) is 6.92 Å². The topological polar surface area (TPSA) is 42.7 Å². The van der Waals surface area contributed by atoms with Gasteiger partial charge < -0.3 is 5.32 Å². The van der Waals surface area contributed by atoms with Crippen molar-refractivity contribution in [1.82, 2.24) is 20.1 Å². The van der Waals surface area contributed by atoms with Crippen LogP contribution in [0.1, 0.15) is 24.1 Å². The molecule has 0 fully saturated rings. The molecule has 0 aliphatic rings. The molecule has 0 amide bonds. The maximum Gasteiger partial charge on any atom is 0.0534 e. The second-order valence-corrected chi connectivity index (χ2v) is 4.24. The van der Waals surface area contributed by atoms with Gasteiger partial charge in [0.15, 0.2) is 0 Å². The molecular formula is C13H18N4. The van der Waals surface area contributed by atoms with Crippen LogP contribution in [0.5, 0.6) is 0 Å². The number of rotatable bonds is 5. The van der Waals surface area contributed by atoms with E-state index >= 15 is 0 Å². The summed E-state index contributed by atoms with van der Waals surface area (Å²) in [4.78, 5) is 4.12. The first-order chi connectivity index (χ1) is 8.25. The molecule has 2 rings (SSSR count). The average molecular weight is 230 g/mol. The van der Waals surface area contributed by atoms with E-state index in [2.05, 4.69) is 41.5 Å². The molecule has 17 heavy (non-hydrogen) atoms. The SMILES string of the molecule is Cc1cnn(CCNC(C)c2cccnc2)c1. The molecule has 0 saturated carbocycles. The summed E-state index contributed by atoms with van der Waals surface area (Å²) in [6.07, 6.45) is 7.62. The van der Waals surface area contributed by atoms with Crippen molar-refractivity contribution in [3.05, 3.63) is 48.0 Å². The third-order valence-electron chi connectivity index (χ3n) is 2.74. The number of pyridine rings is 1. The van der Waals surface area contributed by atoms with Gasteiger partial charge in [-0.25, -0.2) is 0 Å². The van der Waals surface area contributed by atoms with E-state index in [9.17, 15) is 0 Å². The first kappa shape index (κ1) is 11.8. The van der Waals surface area contributed by atoms with Gasteiger partial charge in [0.1, 0.15) is 0 Å². The molecular weight excluding hydrogens is 212 g/mol. The molecule has 2 aromatic heterocycles. The van der Waals surface area contributed by atoms with Gasteiger partial charge in [-0.1, -0.05) is 6.07 Å². The minimum Gasteiger partial charge on any atom is -0.308 e. The Bertz CT molecular complexity index is 449. The molecule has 1 N–H and O–H groups in total. The molecule has 2 heterocycles. The van der Waals surface area contributed by atoms with Gasteiger partial charge in [-0.2, -0.15) is 5.10 Å². The summed E-state index contributed by atoms with van der Waals surface area (Å²) < 4.78 is 1.96. The number of hydrogen-bond donors (Lipinski definition) is 1. The van der Waals surface area contributed by atoms with Gasteiger partial charge in [0.05, 0.1) is 12.7 Å². The van der Waals surface area contributed by atoms with Crippen molar-refractivity contribution < 1.29 is 0 Å². The molecule has 90 valence electrons. The number of hydrogen-bond acceptors (Lipinski definition) is 3. The minimum atomic E-state index is 0.320. The van der Waals surface area contributed by atoms with Gasteiger partial charge in [-0.05, 0) is 31.0 Å². The minimum absolute atomic E-state index is 0.320. The Morgan fingerprint density at radius 3 is 2.94 bits per heavy atom. The summed E-state index contributed by atoms with van der Waals surface area (Å²) >= 11 is 0. The first-order valence-corrected chi connectivity index (χ1v) is 5.88. The van der Waals surface area contributed by atoms with Gasteiger partial charge >= 0.3 is 0 Å². The van der Waals surface area contributed by atoms with Crippen molar-refractivity contribution in [3.8, 4) is 0 Å². The lowest BCUT2D eigenvalue weighted by Crippen LogP contribution is -2.23. The molecule has 4 nitrogen and oxygen atoms in total. The molecule has 0 aliphatic carbocycles. The maximum atomic E-state index is 4.25. The number of nitrogens with one attached hydrogen (secondary N) is 1. The summed E-state index contributed by atoms with van der Waals surface area (Å²) in [5.41, 5.74) is 2.41. The summed E-state index contributed by atoms with van der Waals surface area (Å²) in [6, 6.07) is 4.37.